The van der Waals surface area contributed by atoms with Crippen LogP contribution in [0, 0.1) is 5.92 Å². The van der Waals surface area contributed by atoms with Crippen LogP contribution in [0.1, 0.15) is 56.0 Å². The Bertz CT molecular complexity index is 883. The third-order valence-corrected chi connectivity index (χ3v) is 6.01. The normalized spacial score (nSPS) is 22.9. The Morgan fingerprint density at radius 2 is 2.03 bits per heavy atom. The summed E-state index contributed by atoms with van der Waals surface area (Å²) in [5.74, 6) is -2.31. The van der Waals surface area contributed by atoms with Gasteiger partial charge in [0.15, 0.2) is 0 Å². The number of ether oxygens (including phenoxy) is 1. The van der Waals surface area contributed by atoms with Gasteiger partial charge in [0.25, 0.3) is 5.91 Å². The first-order valence-corrected chi connectivity index (χ1v) is 12.3. The number of thiazole rings is 1. The van der Waals surface area contributed by atoms with Crippen LogP contribution in [-0.4, -0.2) is 51.7 Å². The summed E-state index contributed by atoms with van der Waals surface area (Å²) in [6.45, 7) is 6.78. The van der Waals surface area contributed by atoms with Crippen molar-refractivity contribution < 1.29 is 23.9 Å². The predicted molar refractivity (Wildman–Crippen MR) is 124 cm³/mol. The van der Waals surface area contributed by atoms with Crippen LogP contribution in [0.15, 0.2) is 17.5 Å². The average Bonchev–Trinajstić information content (AvgIpc) is 3.18. The van der Waals surface area contributed by atoms with Gasteiger partial charge >= 0.3 is 5.97 Å². The first-order valence-electron chi connectivity index (χ1n) is 10.3. The summed E-state index contributed by atoms with van der Waals surface area (Å²) in [4.78, 5) is 55.1. The van der Waals surface area contributed by atoms with Crippen molar-refractivity contribution >= 4 is 51.0 Å². The van der Waals surface area contributed by atoms with Crippen LogP contribution in [0.5, 0.6) is 0 Å². The van der Waals surface area contributed by atoms with Crippen LogP contribution in [0.2, 0.25) is 0 Å². The Morgan fingerprint density at radius 3 is 2.69 bits per heavy atom. The number of nitrogens with one attached hydrogen (secondary N) is 3. The van der Waals surface area contributed by atoms with Crippen LogP contribution in [-0.2, 0) is 25.7 Å². The maximum absolute atomic E-state index is 12.9. The van der Waals surface area contributed by atoms with E-state index in [4.69, 9.17) is 4.74 Å². The van der Waals surface area contributed by atoms with Crippen molar-refractivity contribution in [3.8, 4) is 0 Å². The minimum atomic E-state index is -1.30. The zero-order valence-electron chi connectivity index (χ0n) is 18.6. The van der Waals surface area contributed by atoms with E-state index < -0.39 is 35.5 Å². The molecule has 1 aromatic heterocycles. The van der Waals surface area contributed by atoms with E-state index in [9.17, 15) is 19.2 Å². The monoisotopic (exact) mass is 528 g/mol. The van der Waals surface area contributed by atoms with Gasteiger partial charge < -0.3 is 20.7 Å². The largest absolute Gasteiger partial charge is 0.456 e. The third-order valence-electron chi connectivity index (χ3n) is 4.70. The van der Waals surface area contributed by atoms with E-state index in [0.717, 1.165) is 5.33 Å². The summed E-state index contributed by atoms with van der Waals surface area (Å²) in [5.41, 5.74) is -1.14. The second-order valence-corrected chi connectivity index (χ2v) is 10.00. The van der Waals surface area contributed by atoms with Crippen molar-refractivity contribution in [1.29, 1.82) is 0 Å². The number of halogens is 1. The molecule has 2 rings (SSSR count). The highest BCUT2D eigenvalue weighted by molar-refractivity contribution is 9.09. The second-order valence-electron chi connectivity index (χ2n) is 8.26. The molecule has 1 aliphatic rings. The van der Waals surface area contributed by atoms with E-state index in [1.807, 2.05) is 6.08 Å². The Kier molecular flexibility index (Phi) is 9.38. The molecular weight excluding hydrogens is 500 g/mol. The summed E-state index contributed by atoms with van der Waals surface area (Å²) >= 11 is 4.56. The Balaban J connectivity index is 2.36. The van der Waals surface area contributed by atoms with Gasteiger partial charge in [0.2, 0.25) is 11.8 Å². The standard InChI is InChI=1S/C21H29BrN4O5S/c1-12(2)17-19(29)31-13(7-5-6-8-22)9-15(27)23-10-16-24-14(11-32-16)18(28)26-21(3,4)20(30)25-17/h5,7,11-13,17H,6,8-10H2,1-4H3,(H,23,27)(H,25,30)(H,26,28)/b7-5+/t13-,17+/m1/s1. The molecule has 3 N–H and O–H groups in total. The van der Waals surface area contributed by atoms with E-state index in [1.165, 1.54) is 11.3 Å². The van der Waals surface area contributed by atoms with Gasteiger partial charge in [-0.2, -0.15) is 0 Å². The smallest absolute Gasteiger partial charge is 0.329 e. The molecule has 9 nitrogen and oxygen atoms in total. The number of fused-ring (bicyclic) bond motifs is 2. The van der Waals surface area contributed by atoms with Crippen LogP contribution >= 0.6 is 27.3 Å². The molecule has 0 aliphatic carbocycles. The molecule has 0 spiro atoms. The molecule has 1 aromatic rings. The fourth-order valence-electron chi connectivity index (χ4n) is 2.83. The topological polar surface area (TPSA) is 126 Å². The molecule has 2 heterocycles. The van der Waals surface area contributed by atoms with Gasteiger partial charge in [-0.15, -0.1) is 11.3 Å². The molecule has 1 aliphatic heterocycles. The highest BCUT2D eigenvalue weighted by atomic mass is 79.9. The van der Waals surface area contributed by atoms with Gasteiger partial charge in [0.1, 0.15) is 28.4 Å². The molecule has 176 valence electrons. The molecular formula is C21H29BrN4O5S. The number of hydrogen-bond acceptors (Lipinski definition) is 7. The molecule has 0 aromatic carbocycles. The summed E-state index contributed by atoms with van der Waals surface area (Å²) < 4.78 is 5.59. The lowest BCUT2D eigenvalue weighted by atomic mass is 9.99. The number of alkyl halides is 1. The number of rotatable bonds is 4. The number of amides is 3. The average molecular weight is 529 g/mol. The van der Waals surface area contributed by atoms with Crippen molar-refractivity contribution in [3.63, 3.8) is 0 Å². The van der Waals surface area contributed by atoms with E-state index >= 15 is 0 Å². The van der Waals surface area contributed by atoms with E-state index in [-0.39, 0.29) is 30.5 Å². The summed E-state index contributed by atoms with van der Waals surface area (Å²) in [6.07, 6.45) is 3.34. The summed E-state index contributed by atoms with van der Waals surface area (Å²) in [6, 6.07) is -0.951. The Morgan fingerprint density at radius 1 is 1.31 bits per heavy atom. The van der Waals surface area contributed by atoms with Gasteiger partial charge in [-0.25, -0.2) is 9.78 Å². The summed E-state index contributed by atoms with van der Waals surface area (Å²) in [7, 11) is 0. The van der Waals surface area contributed by atoms with E-state index in [1.54, 1.807) is 39.2 Å². The number of carbonyl (C=O) groups is 4. The van der Waals surface area contributed by atoms with Crippen LogP contribution in [0.3, 0.4) is 0 Å². The number of cyclic esters (lactones) is 1. The molecule has 2 atom stereocenters. The summed E-state index contributed by atoms with van der Waals surface area (Å²) in [5, 5.41) is 10.9. The predicted octanol–water partition coefficient (Wildman–Crippen LogP) is 2.07. The second kappa shape index (κ2) is 11.6. The Hall–Kier alpha value is -2.27. The number of hydrogen-bond donors (Lipinski definition) is 3. The highest BCUT2D eigenvalue weighted by Gasteiger charge is 2.36. The number of esters is 1. The van der Waals surface area contributed by atoms with Crippen LogP contribution in [0.25, 0.3) is 0 Å². The minimum absolute atomic E-state index is 0.0759. The molecule has 11 heteroatoms. The molecule has 0 radical (unpaired) electrons. The lowest BCUT2D eigenvalue weighted by Gasteiger charge is -2.29. The van der Waals surface area contributed by atoms with Crippen LogP contribution < -0.4 is 16.0 Å². The third kappa shape index (κ3) is 7.40. The van der Waals surface area contributed by atoms with E-state index in [0.29, 0.717) is 11.4 Å². The lowest BCUT2D eigenvalue weighted by molar-refractivity contribution is -0.153. The maximum Gasteiger partial charge on any atom is 0.329 e. The Labute approximate surface area is 199 Å². The van der Waals surface area contributed by atoms with Gasteiger partial charge in [0, 0.05) is 10.7 Å². The molecule has 3 amide bonds. The fourth-order valence-corrected chi connectivity index (χ4v) is 3.81. The lowest BCUT2D eigenvalue weighted by Crippen LogP contribution is -2.59. The van der Waals surface area contributed by atoms with Gasteiger partial charge in [-0.05, 0) is 32.3 Å². The number of carbonyl (C=O) groups excluding carboxylic acids is 4. The quantitative estimate of drug-likeness (QED) is 0.312. The number of aromatic nitrogens is 1. The fraction of sp³-hybridized carbons (Fsp3) is 0.571. The molecule has 0 saturated carbocycles. The van der Waals surface area contributed by atoms with Crippen molar-refractivity contribution in [2.75, 3.05) is 5.33 Å². The molecule has 0 unspecified atom stereocenters. The van der Waals surface area contributed by atoms with Crippen LogP contribution in [0.4, 0.5) is 0 Å². The molecule has 2 bridgehead atoms. The molecule has 32 heavy (non-hydrogen) atoms. The molecule has 0 saturated heterocycles. The number of nitrogens with zero attached hydrogens (tertiary/aromatic N) is 1. The zero-order chi connectivity index (χ0) is 23.9. The van der Waals surface area contributed by atoms with Gasteiger partial charge in [0.05, 0.1) is 13.0 Å². The maximum atomic E-state index is 12.9. The van der Waals surface area contributed by atoms with Crippen molar-refractivity contribution in [2.45, 2.75) is 64.8 Å². The highest BCUT2D eigenvalue weighted by Crippen LogP contribution is 2.15. The molecule has 0 fully saturated rings. The van der Waals surface area contributed by atoms with Crippen molar-refractivity contribution in [2.24, 2.45) is 5.92 Å². The van der Waals surface area contributed by atoms with Gasteiger partial charge in [-0.1, -0.05) is 35.9 Å². The minimum Gasteiger partial charge on any atom is -0.456 e. The first-order chi connectivity index (χ1) is 15.0. The number of allylic oxidation sites excluding steroid dienone is 1. The zero-order valence-corrected chi connectivity index (χ0v) is 21.0. The SMILES string of the molecule is CC(C)[C@@H]1NC(=O)C(C)(C)NC(=O)c2csc(n2)CNC(=O)C[C@@H](/C=C/CCBr)OC1=O. The van der Waals surface area contributed by atoms with E-state index in [2.05, 4.69) is 36.9 Å². The van der Waals surface area contributed by atoms with Crippen molar-refractivity contribution in [1.82, 2.24) is 20.9 Å². The van der Waals surface area contributed by atoms with Crippen molar-refractivity contribution in [3.05, 3.63) is 28.2 Å². The first kappa shape index (κ1) is 26.0. The van der Waals surface area contributed by atoms with Gasteiger partial charge in [-0.3, -0.25) is 14.4 Å².